The lowest BCUT2D eigenvalue weighted by Crippen LogP contribution is -2.43. The van der Waals surface area contributed by atoms with Crippen molar-refractivity contribution in [3.63, 3.8) is 0 Å². The molecule has 0 aliphatic carbocycles. The average molecular weight is 468 g/mol. The van der Waals surface area contributed by atoms with Crippen LogP contribution in [-0.4, -0.2) is 60.8 Å². The van der Waals surface area contributed by atoms with E-state index in [4.69, 9.17) is 0 Å². The number of hydrogen-bond donors (Lipinski definition) is 1. The lowest BCUT2D eigenvalue weighted by molar-refractivity contribution is 0.186. The zero-order valence-electron chi connectivity index (χ0n) is 19.9. The Labute approximate surface area is 196 Å². The molecule has 0 unspecified atom stereocenters. The summed E-state index contributed by atoms with van der Waals surface area (Å²) in [6.45, 7) is 6.97. The van der Waals surface area contributed by atoms with Crippen molar-refractivity contribution in [1.82, 2.24) is 14.5 Å². The molecule has 1 saturated heterocycles. The molecule has 176 valence electrons. The standard InChI is InChI=1S/C25H33N5O2S/c1-17(2)30-13-9-20(10-14-30)33(31,32)27-22-7-11-26-25-24(22)21(16-29(25)4)19-6-5-18-8-12-28(3)23(18)15-19/h5-7,11,15-17,20H,8-10,12-14H2,1-4H3,(H,26,27). The number of hydrogen-bond acceptors (Lipinski definition) is 5. The Morgan fingerprint density at radius 1 is 1.09 bits per heavy atom. The molecule has 0 saturated carbocycles. The summed E-state index contributed by atoms with van der Waals surface area (Å²) in [7, 11) is 0.565. The number of piperidine rings is 1. The van der Waals surface area contributed by atoms with E-state index in [9.17, 15) is 8.42 Å². The van der Waals surface area contributed by atoms with E-state index in [-0.39, 0.29) is 5.25 Å². The first-order chi connectivity index (χ1) is 15.7. The summed E-state index contributed by atoms with van der Waals surface area (Å²) in [4.78, 5) is 9.18. The molecule has 3 aromatic rings. The smallest absolute Gasteiger partial charge is 0.235 e. The number of nitrogens with zero attached hydrogens (tertiary/aromatic N) is 4. The van der Waals surface area contributed by atoms with Crippen LogP contribution in [-0.2, 0) is 23.5 Å². The van der Waals surface area contributed by atoms with Crippen LogP contribution in [0.3, 0.4) is 0 Å². The van der Waals surface area contributed by atoms with Crippen LogP contribution in [0.25, 0.3) is 22.2 Å². The zero-order chi connectivity index (χ0) is 23.3. The van der Waals surface area contributed by atoms with Crippen molar-refractivity contribution < 1.29 is 8.42 Å². The quantitative estimate of drug-likeness (QED) is 0.617. The van der Waals surface area contributed by atoms with E-state index in [1.165, 1.54) is 11.3 Å². The van der Waals surface area contributed by atoms with Crippen LogP contribution in [0.2, 0.25) is 0 Å². The summed E-state index contributed by atoms with van der Waals surface area (Å²) in [6.07, 6.45) is 6.10. The first-order valence-corrected chi connectivity index (χ1v) is 13.3. The summed E-state index contributed by atoms with van der Waals surface area (Å²) in [5.74, 6) is 0. The van der Waals surface area contributed by atoms with Gasteiger partial charge in [0.1, 0.15) is 5.65 Å². The van der Waals surface area contributed by atoms with Crippen LogP contribution in [0.5, 0.6) is 0 Å². The molecule has 0 radical (unpaired) electrons. The minimum Gasteiger partial charge on any atom is -0.374 e. The number of rotatable bonds is 5. The van der Waals surface area contributed by atoms with E-state index in [0.717, 1.165) is 48.2 Å². The number of likely N-dealkylation sites (N-methyl/N-ethyl adjacent to an activating group) is 1. The monoisotopic (exact) mass is 467 g/mol. The molecule has 0 atom stereocenters. The number of benzene rings is 1. The maximum absolute atomic E-state index is 13.4. The maximum atomic E-state index is 13.4. The zero-order valence-corrected chi connectivity index (χ0v) is 20.7. The topological polar surface area (TPSA) is 70.5 Å². The molecule has 33 heavy (non-hydrogen) atoms. The normalized spacial score (nSPS) is 17.8. The minimum absolute atomic E-state index is 0.378. The molecular formula is C25H33N5O2S. The van der Waals surface area contributed by atoms with Crippen LogP contribution in [0.4, 0.5) is 11.4 Å². The summed E-state index contributed by atoms with van der Waals surface area (Å²) in [6, 6.07) is 8.77. The number of fused-ring (bicyclic) bond motifs is 2. The number of anilines is 2. The van der Waals surface area contributed by atoms with Crippen molar-refractivity contribution in [1.29, 1.82) is 0 Å². The van der Waals surface area contributed by atoms with Crippen LogP contribution in [0, 0.1) is 0 Å². The Morgan fingerprint density at radius 2 is 1.85 bits per heavy atom. The van der Waals surface area contributed by atoms with Gasteiger partial charge in [-0.25, -0.2) is 13.4 Å². The largest absolute Gasteiger partial charge is 0.374 e. The van der Waals surface area contributed by atoms with Gasteiger partial charge in [-0.15, -0.1) is 0 Å². The number of sulfonamides is 1. The number of aromatic nitrogens is 2. The lowest BCUT2D eigenvalue weighted by Gasteiger charge is -2.34. The highest BCUT2D eigenvalue weighted by Crippen LogP contribution is 2.38. The van der Waals surface area contributed by atoms with Crippen LogP contribution < -0.4 is 9.62 Å². The van der Waals surface area contributed by atoms with Crippen molar-refractivity contribution in [2.24, 2.45) is 7.05 Å². The van der Waals surface area contributed by atoms with Gasteiger partial charge in [0.25, 0.3) is 0 Å². The second kappa shape index (κ2) is 8.33. The van der Waals surface area contributed by atoms with Gasteiger partial charge in [0.15, 0.2) is 0 Å². The molecule has 0 amide bonds. The third-order valence-electron chi connectivity index (χ3n) is 7.28. The van der Waals surface area contributed by atoms with Crippen LogP contribution in [0.15, 0.2) is 36.7 Å². The third kappa shape index (κ3) is 3.99. The van der Waals surface area contributed by atoms with Gasteiger partial charge in [0.05, 0.1) is 16.3 Å². The van der Waals surface area contributed by atoms with Gasteiger partial charge in [-0.3, -0.25) is 4.72 Å². The second-order valence-electron chi connectivity index (χ2n) is 9.70. The summed E-state index contributed by atoms with van der Waals surface area (Å²) < 4.78 is 31.6. The molecule has 7 nitrogen and oxygen atoms in total. The molecule has 1 aromatic carbocycles. The van der Waals surface area contributed by atoms with Crippen molar-refractivity contribution in [3.05, 3.63) is 42.2 Å². The minimum atomic E-state index is -3.51. The molecule has 8 heteroatoms. The van der Waals surface area contributed by atoms with Crippen LogP contribution >= 0.6 is 0 Å². The SMILES string of the molecule is CC(C)N1CCC(S(=O)(=O)Nc2ccnc3c2c(-c2ccc4c(c2)N(C)CC4)cn3C)CC1. The van der Waals surface area contributed by atoms with Gasteiger partial charge in [-0.2, -0.15) is 0 Å². The highest BCUT2D eigenvalue weighted by atomic mass is 32.2. The molecule has 0 bridgehead atoms. The van der Waals surface area contributed by atoms with E-state index in [2.05, 4.69) is 58.6 Å². The van der Waals surface area contributed by atoms with Gasteiger partial charge in [0, 0.05) is 50.3 Å². The van der Waals surface area contributed by atoms with Crippen molar-refractivity contribution in [2.45, 2.75) is 44.4 Å². The highest BCUT2D eigenvalue weighted by molar-refractivity contribution is 7.93. The van der Waals surface area contributed by atoms with E-state index >= 15 is 0 Å². The first kappa shape index (κ1) is 22.2. The third-order valence-corrected chi connectivity index (χ3v) is 9.13. The lowest BCUT2D eigenvalue weighted by atomic mass is 10.0. The molecule has 2 aromatic heterocycles. The molecule has 5 rings (SSSR count). The fraction of sp³-hybridized carbons (Fsp3) is 0.480. The van der Waals surface area contributed by atoms with Gasteiger partial charge in [-0.1, -0.05) is 12.1 Å². The van der Waals surface area contributed by atoms with Gasteiger partial charge in [-0.05, 0) is 69.5 Å². The number of aryl methyl sites for hydroxylation is 1. The predicted octanol–water partition coefficient (Wildman–Crippen LogP) is 3.85. The first-order valence-electron chi connectivity index (χ1n) is 11.8. The summed E-state index contributed by atoms with van der Waals surface area (Å²) >= 11 is 0. The number of likely N-dealkylation sites (tertiary alicyclic amines) is 1. The van der Waals surface area contributed by atoms with Crippen molar-refractivity contribution in [2.75, 3.05) is 36.3 Å². The molecule has 4 heterocycles. The van der Waals surface area contributed by atoms with E-state index in [0.29, 0.717) is 24.6 Å². The Hall–Kier alpha value is -2.58. The van der Waals surface area contributed by atoms with Gasteiger partial charge < -0.3 is 14.4 Å². The van der Waals surface area contributed by atoms with E-state index in [1.54, 1.807) is 12.3 Å². The summed E-state index contributed by atoms with van der Waals surface area (Å²) in [5.41, 5.74) is 6.05. The van der Waals surface area contributed by atoms with E-state index in [1.807, 2.05) is 17.8 Å². The Balaban J connectivity index is 1.51. The molecule has 2 aliphatic heterocycles. The molecule has 2 aliphatic rings. The average Bonchev–Trinajstić information content (AvgIpc) is 3.34. The summed E-state index contributed by atoms with van der Waals surface area (Å²) in [5, 5.41) is 0.473. The Morgan fingerprint density at radius 3 is 2.58 bits per heavy atom. The maximum Gasteiger partial charge on any atom is 0.235 e. The number of pyridine rings is 1. The highest BCUT2D eigenvalue weighted by Gasteiger charge is 2.31. The second-order valence-corrected chi connectivity index (χ2v) is 11.7. The Kier molecular flexibility index (Phi) is 5.61. The predicted molar refractivity (Wildman–Crippen MR) is 135 cm³/mol. The fourth-order valence-electron chi connectivity index (χ4n) is 5.25. The van der Waals surface area contributed by atoms with Crippen LogP contribution in [0.1, 0.15) is 32.3 Å². The van der Waals surface area contributed by atoms with E-state index < -0.39 is 10.0 Å². The molecule has 1 fully saturated rings. The Bertz CT molecular complexity index is 1290. The van der Waals surface area contributed by atoms with Crippen molar-refractivity contribution >= 4 is 32.4 Å². The fourth-order valence-corrected chi connectivity index (χ4v) is 6.73. The molecular weight excluding hydrogens is 434 g/mol. The molecule has 1 N–H and O–H groups in total. The van der Waals surface area contributed by atoms with Gasteiger partial charge in [0.2, 0.25) is 10.0 Å². The number of nitrogens with one attached hydrogen (secondary N) is 1. The molecule has 0 spiro atoms. The van der Waals surface area contributed by atoms with Gasteiger partial charge >= 0.3 is 0 Å². The van der Waals surface area contributed by atoms with Crippen molar-refractivity contribution in [3.8, 4) is 11.1 Å².